The molecule has 1 heterocycles. The highest BCUT2D eigenvalue weighted by molar-refractivity contribution is 5.82. The summed E-state index contributed by atoms with van der Waals surface area (Å²) in [6.07, 6.45) is 5.48. The zero-order chi connectivity index (χ0) is 14.6. The van der Waals surface area contributed by atoms with Gasteiger partial charge in [-0.15, -0.1) is 0 Å². The molecule has 2 fully saturated rings. The number of amides is 1. The lowest BCUT2D eigenvalue weighted by atomic mass is 9.71. The highest BCUT2D eigenvalue weighted by Crippen LogP contribution is 2.38. The standard InChI is InChI=1S/C15H25NO4/c1-11-5-7-15(8-6-11,14(18)19)10-16-13(17)12-4-2-3-9-20-12/h11-12H,2-10H2,1H3,(H,16,17)(H,18,19). The van der Waals surface area contributed by atoms with Crippen molar-refractivity contribution in [2.75, 3.05) is 13.2 Å². The molecule has 1 saturated carbocycles. The molecule has 0 aromatic rings. The molecule has 1 amide bonds. The lowest BCUT2D eigenvalue weighted by molar-refractivity contribution is -0.152. The minimum Gasteiger partial charge on any atom is -0.481 e. The number of hydrogen-bond donors (Lipinski definition) is 2. The first-order valence-corrected chi connectivity index (χ1v) is 7.66. The van der Waals surface area contributed by atoms with Gasteiger partial charge in [0.15, 0.2) is 0 Å². The van der Waals surface area contributed by atoms with Crippen molar-refractivity contribution in [1.29, 1.82) is 0 Å². The largest absolute Gasteiger partial charge is 0.481 e. The summed E-state index contributed by atoms with van der Waals surface area (Å²) in [5.41, 5.74) is -0.781. The van der Waals surface area contributed by atoms with Gasteiger partial charge < -0.3 is 15.2 Å². The number of carbonyl (C=O) groups excluding carboxylic acids is 1. The van der Waals surface area contributed by atoms with Crippen LogP contribution in [0.2, 0.25) is 0 Å². The maximum atomic E-state index is 12.0. The van der Waals surface area contributed by atoms with Crippen LogP contribution in [0.25, 0.3) is 0 Å². The van der Waals surface area contributed by atoms with Crippen molar-refractivity contribution in [3.05, 3.63) is 0 Å². The van der Waals surface area contributed by atoms with Crippen LogP contribution in [0.15, 0.2) is 0 Å². The van der Waals surface area contributed by atoms with Crippen molar-refractivity contribution in [3.63, 3.8) is 0 Å². The number of carbonyl (C=O) groups is 2. The van der Waals surface area contributed by atoms with Crippen LogP contribution >= 0.6 is 0 Å². The van der Waals surface area contributed by atoms with Crippen LogP contribution in [0.3, 0.4) is 0 Å². The lowest BCUT2D eigenvalue weighted by Gasteiger charge is -2.36. The summed E-state index contributed by atoms with van der Waals surface area (Å²) < 4.78 is 5.43. The van der Waals surface area contributed by atoms with E-state index in [0.717, 1.165) is 32.1 Å². The zero-order valence-electron chi connectivity index (χ0n) is 12.2. The van der Waals surface area contributed by atoms with Crippen molar-refractivity contribution in [2.45, 2.75) is 58.0 Å². The van der Waals surface area contributed by atoms with Gasteiger partial charge in [-0.3, -0.25) is 9.59 Å². The molecule has 0 radical (unpaired) electrons. The van der Waals surface area contributed by atoms with E-state index >= 15 is 0 Å². The first-order valence-electron chi connectivity index (χ1n) is 7.66. The molecular weight excluding hydrogens is 258 g/mol. The molecule has 2 N–H and O–H groups in total. The topological polar surface area (TPSA) is 75.6 Å². The quantitative estimate of drug-likeness (QED) is 0.827. The SMILES string of the molecule is CC1CCC(CNC(=O)C2CCCCO2)(C(=O)O)CC1. The van der Waals surface area contributed by atoms with E-state index in [1.807, 2.05) is 0 Å². The summed E-state index contributed by atoms with van der Waals surface area (Å²) in [5, 5.41) is 12.3. The van der Waals surface area contributed by atoms with E-state index in [4.69, 9.17) is 4.74 Å². The van der Waals surface area contributed by atoms with Crippen LogP contribution in [0.1, 0.15) is 51.9 Å². The second kappa shape index (κ2) is 6.57. The van der Waals surface area contributed by atoms with Gasteiger partial charge in [-0.05, 0) is 50.9 Å². The van der Waals surface area contributed by atoms with Crippen molar-refractivity contribution in [3.8, 4) is 0 Å². The van der Waals surface area contributed by atoms with E-state index in [-0.39, 0.29) is 12.5 Å². The fourth-order valence-electron chi connectivity index (χ4n) is 3.10. The fourth-order valence-corrected chi connectivity index (χ4v) is 3.10. The number of aliphatic carboxylic acids is 1. The van der Waals surface area contributed by atoms with Gasteiger partial charge in [0, 0.05) is 13.2 Å². The summed E-state index contributed by atoms with van der Waals surface area (Å²) in [7, 11) is 0. The van der Waals surface area contributed by atoms with Crippen molar-refractivity contribution in [1.82, 2.24) is 5.32 Å². The number of carboxylic acid groups (broad SMARTS) is 1. The highest BCUT2D eigenvalue weighted by Gasteiger charge is 2.41. The average Bonchev–Trinajstić information content (AvgIpc) is 2.47. The second-order valence-corrected chi connectivity index (χ2v) is 6.34. The Morgan fingerprint density at radius 2 is 1.95 bits per heavy atom. The normalized spacial score (nSPS) is 34.5. The molecule has 2 rings (SSSR count). The number of rotatable bonds is 4. The first-order chi connectivity index (χ1) is 9.53. The first kappa shape index (κ1) is 15.3. The Morgan fingerprint density at radius 1 is 1.25 bits per heavy atom. The Hall–Kier alpha value is -1.10. The molecule has 0 spiro atoms. The minimum atomic E-state index is -0.783. The molecule has 1 saturated heterocycles. The Kier molecular flexibility index (Phi) is 5.02. The van der Waals surface area contributed by atoms with Gasteiger partial charge in [0.25, 0.3) is 0 Å². The van der Waals surface area contributed by atoms with E-state index in [0.29, 0.717) is 25.4 Å². The number of hydrogen-bond acceptors (Lipinski definition) is 3. The molecule has 2 aliphatic rings. The minimum absolute atomic E-state index is 0.149. The van der Waals surface area contributed by atoms with Gasteiger partial charge in [-0.2, -0.15) is 0 Å². The van der Waals surface area contributed by atoms with Gasteiger partial charge >= 0.3 is 5.97 Å². The van der Waals surface area contributed by atoms with Crippen LogP contribution in [-0.4, -0.2) is 36.2 Å². The van der Waals surface area contributed by atoms with Crippen molar-refractivity contribution < 1.29 is 19.4 Å². The van der Waals surface area contributed by atoms with Gasteiger partial charge in [0.05, 0.1) is 5.41 Å². The third kappa shape index (κ3) is 3.51. The van der Waals surface area contributed by atoms with Crippen LogP contribution in [0.4, 0.5) is 0 Å². The third-order valence-electron chi connectivity index (χ3n) is 4.76. The smallest absolute Gasteiger partial charge is 0.311 e. The van der Waals surface area contributed by atoms with Gasteiger partial charge in [-0.1, -0.05) is 6.92 Å². The average molecular weight is 283 g/mol. The molecule has 0 aromatic heterocycles. The molecule has 1 aliphatic carbocycles. The van der Waals surface area contributed by atoms with Gasteiger partial charge in [0.2, 0.25) is 5.91 Å². The zero-order valence-corrected chi connectivity index (χ0v) is 12.2. The third-order valence-corrected chi connectivity index (χ3v) is 4.76. The predicted molar refractivity (Wildman–Crippen MR) is 74.3 cm³/mol. The van der Waals surface area contributed by atoms with Gasteiger partial charge in [-0.25, -0.2) is 0 Å². The van der Waals surface area contributed by atoms with Crippen molar-refractivity contribution in [2.24, 2.45) is 11.3 Å². The fraction of sp³-hybridized carbons (Fsp3) is 0.867. The Balaban J connectivity index is 1.89. The van der Waals surface area contributed by atoms with E-state index in [2.05, 4.69) is 12.2 Å². The molecule has 0 bridgehead atoms. The molecule has 1 unspecified atom stereocenters. The van der Waals surface area contributed by atoms with Crippen LogP contribution < -0.4 is 5.32 Å². The molecule has 5 nitrogen and oxygen atoms in total. The second-order valence-electron chi connectivity index (χ2n) is 6.34. The maximum absolute atomic E-state index is 12.0. The van der Waals surface area contributed by atoms with E-state index in [1.165, 1.54) is 0 Å². The monoisotopic (exact) mass is 283 g/mol. The number of nitrogens with one attached hydrogen (secondary N) is 1. The molecular formula is C15H25NO4. The summed E-state index contributed by atoms with van der Waals surface area (Å²) in [6, 6.07) is 0. The van der Waals surface area contributed by atoms with Gasteiger partial charge in [0.1, 0.15) is 6.10 Å². The Bertz CT molecular complexity index is 355. The molecule has 1 atom stereocenters. The highest BCUT2D eigenvalue weighted by atomic mass is 16.5. The number of ether oxygens (including phenoxy) is 1. The van der Waals surface area contributed by atoms with E-state index < -0.39 is 17.5 Å². The van der Waals surface area contributed by atoms with Crippen LogP contribution in [0.5, 0.6) is 0 Å². The Labute approximate surface area is 120 Å². The van der Waals surface area contributed by atoms with E-state index in [9.17, 15) is 14.7 Å². The molecule has 1 aliphatic heterocycles. The lowest BCUT2D eigenvalue weighted by Crippen LogP contribution is -2.48. The summed E-state index contributed by atoms with van der Waals surface area (Å²) in [4.78, 5) is 23.6. The molecule has 114 valence electrons. The van der Waals surface area contributed by atoms with Crippen LogP contribution in [-0.2, 0) is 14.3 Å². The molecule has 20 heavy (non-hydrogen) atoms. The number of carboxylic acids is 1. The summed E-state index contributed by atoms with van der Waals surface area (Å²) in [6.45, 7) is 3.01. The molecule has 5 heteroatoms. The van der Waals surface area contributed by atoms with Crippen LogP contribution in [0, 0.1) is 11.3 Å². The summed E-state index contributed by atoms with van der Waals surface area (Å²) in [5.74, 6) is -0.349. The Morgan fingerprint density at radius 3 is 2.50 bits per heavy atom. The molecule has 0 aromatic carbocycles. The van der Waals surface area contributed by atoms with Crippen molar-refractivity contribution >= 4 is 11.9 Å². The van der Waals surface area contributed by atoms with E-state index in [1.54, 1.807) is 0 Å². The predicted octanol–water partition coefficient (Wildman–Crippen LogP) is 1.95. The summed E-state index contributed by atoms with van der Waals surface area (Å²) >= 11 is 0. The maximum Gasteiger partial charge on any atom is 0.311 e.